The highest BCUT2D eigenvalue weighted by Gasteiger charge is 2.30. The van der Waals surface area contributed by atoms with E-state index in [0.717, 1.165) is 18.4 Å². The normalized spacial score (nSPS) is 16.2. The average Bonchev–Trinajstić information content (AvgIpc) is 3.25. The monoisotopic (exact) mass is 468 g/mol. The molecular formula is C25H36N6O3. The first kappa shape index (κ1) is 25.0. The molecule has 2 aromatic rings. The van der Waals surface area contributed by atoms with Gasteiger partial charge in [-0.3, -0.25) is 4.68 Å². The Balaban J connectivity index is 1.70. The molecule has 1 aromatic carbocycles. The van der Waals surface area contributed by atoms with Gasteiger partial charge in [0.15, 0.2) is 0 Å². The van der Waals surface area contributed by atoms with E-state index in [1.807, 2.05) is 31.6 Å². The molecular weight excluding hydrogens is 432 g/mol. The fourth-order valence-corrected chi connectivity index (χ4v) is 4.09. The highest BCUT2D eigenvalue weighted by molar-refractivity contribution is 5.84. The molecule has 9 nitrogen and oxygen atoms in total. The summed E-state index contributed by atoms with van der Waals surface area (Å²) in [7, 11) is 0. The van der Waals surface area contributed by atoms with Crippen LogP contribution in [0.5, 0.6) is 5.75 Å². The van der Waals surface area contributed by atoms with E-state index in [1.165, 1.54) is 0 Å². The molecule has 0 saturated carbocycles. The second kappa shape index (κ2) is 10.1. The number of aromatic hydroxyl groups is 1. The number of para-hydroxylation sites is 1. The first-order valence-electron chi connectivity index (χ1n) is 11.5. The van der Waals surface area contributed by atoms with Crippen molar-refractivity contribution in [3.05, 3.63) is 59.7 Å². The number of hydrogen-bond acceptors (Lipinski definition) is 7. The number of ether oxygens (including phenoxy) is 1. The van der Waals surface area contributed by atoms with Crippen molar-refractivity contribution in [3.8, 4) is 5.75 Å². The number of benzene rings is 1. The summed E-state index contributed by atoms with van der Waals surface area (Å²) in [5.41, 5.74) is 19.7. The van der Waals surface area contributed by atoms with Crippen LogP contribution in [0.15, 0.2) is 48.6 Å². The maximum Gasteiger partial charge on any atom is 0.410 e. The molecule has 7 N–H and O–H groups in total. The van der Waals surface area contributed by atoms with Gasteiger partial charge in [-0.15, -0.1) is 0 Å². The smallest absolute Gasteiger partial charge is 0.410 e. The molecule has 1 amide bonds. The molecule has 0 bridgehead atoms. The number of carbonyl (C=O) groups is 1. The molecule has 1 aromatic heterocycles. The van der Waals surface area contributed by atoms with Crippen LogP contribution in [0.2, 0.25) is 0 Å². The predicted octanol–water partition coefficient (Wildman–Crippen LogP) is 3.38. The molecule has 0 radical (unpaired) electrons. The summed E-state index contributed by atoms with van der Waals surface area (Å²) >= 11 is 0. The minimum Gasteiger partial charge on any atom is -0.507 e. The van der Waals surface area contributed by atoms with Crippen molar-refractivity contribution >= 4 is 17.4 Å². The van der Waals surface area contributed by atoms with Gasteiger partial charge in [0.2, 0.25) is 0 Å². The number of aromatic nitrogens is 2. The van der Waals surface area contributed by atoms with Crippen molar-refractivity contribution in [1.29, 1.82) is 0 Å². The minimum atomic E-state index is -0.500. The van der Waals surface area contributed by atoms with Crippen molar-refractivity contribution in [2.45, 2.75) is 52.2 Å². The highest BCUT2D eigenvalue weighted by atomic mass is 16.6. The molecule has 9 heteroatoms. The highest BCUT2D eigenvalue weighted by Crippen LogP contribution is 2.31. The fourth-order valence-electron chi connectivity index (χ4n) is 4.09. The molecule has 1 atom stereocenters. The summed E-state index contributed by atoms with van der Waals surface area (Å²) in [6.45, 7) is 9.04. The fraction of sp³-hybridized carbons (Fsp3) is 0.440. The summed E-state index contributed by atoms with van der Waals surface area (Å²) in [5.74, 6) is 0.542. The van der Waals surface area contributed by atoms with Crippen molar-refractivity contribution in [3.63, 3.8) is 0 Å². The first-order chi connectivity index (χ1) is 16.0. The van der Waals surface area contributed by atoms with Crippen LogP contribution in [0, 0.1) is 5.92 Å². The van der Waals surface area contributed by atoms with Gasteiger partial charge in [0, 0.05) is 41.7 Å². The maximum atomic E-state index is 12.3. The van der Waals surface area contributed by atoms with Crippen molar-refractivity contribution in [1.82, 2.24) is 14.7 Å². The van der Waals surface area contributed by atoms with Crippen LogP contribution >= 0.6 is 0 Å². The molecule has 0 spiro atoms. The first-order valence-corrected chi connectivity index (χ1v) is 11.5. The third-order valence-electron chi connectivity index (χ3n) is 6.03. The molecule has 1 aliphatic rings. The van der Waals surface area contributed by atoms with Crippen LogP contribution in [0.4, 0.5) is 4.79 Å². The van der Waals surface area contributed by atoms with Crippen LogP contribution in [0.1, 0.15) is 57.7 Å². The number of rotatable bonds is 5. The number of phenolic OH excluding ortho intramolecular Hbond substituents is 1. The Bertz CT molecular complexity index is 1070. The van der Waals surface area contributed by atoms with E-state index in [4.69, 9.17) is 21.9 Å². The minimum absolute atomic E-state index is 0.0771. The van der Waals surface area contributed by atoms with Gasteiger partial charge in [-0.05, 0) is 64.7 Å². The Morgan fingerprint density at radius 2 is 1.85 bits per heavy atom. The number of nitrogens with two attached hydrogens (primary N) is 3. The van der Waals surface area contributed by atoms with Gasteiger partial charge >= 0.3 is 6.09 Å². The number of phenols is 1. The average molecular weight is 469 g/mol. The molecule has 1 fully saturated rings. The second-order valence-corrected chi connectivity index (χ2v) is 9.74. The van der Waals surface area contributed by atoms with E-state index in [9.17, 15) is 9.90 Å². The number of amides is 1. The van der Waals surface area contributed by atoms with Gasteiger partial charge in [0.05, 0.1) is 12.2 Å². The summed E-state index contributed by atoms with van der Waals surface area (Å²) in [6, 6.07) is 6.93. The van der Waals surface area contributed by atoms with Gasteiger partial charge < -0.3 is 31.9 Å². The number of allylic oxidation sites excluding steroid dienone is 2. The van der Waals surface area contributed by atoms with E-state index >= 15 is 0 Å². The zero-order chi connectivity index (χ0) is 25.0. The summed E-state index contributed by atoms with van der Waals surface area (Å²) in [5, 5.41) is 14.6. The standard InChI is InChI=1S/C25H36N6O3/c1-16(17-9-11-30(12-10-17)24(33)34-25(2,3)4)31-15-18(14-29-31)20(23(27)28)13-21(26)19-7-5-6-8-22(19)32/h5-8,13-17,32H,9-12,26-28H2,1-4H3/b21-13-. The second-order valence-electron chi connectivity index (χ2n) is 9.74. The number of piperidine rings is 1. The van der Waals surface area contributed by atoms with Gasteiger partial charge in [-0.1, -0.05) is 12.1 Å². The third kappa shape index (κ3) is 6.03. The molecule has 1 unspecified atom stereocenters. The zero-order valence-electron chi connectivity index (χ0n) is 20.4. The number of nitrogens with zero attached hydrogens (tertiary/aromatic N) is 3. The quantitative estimate of drug-likeness (QED) is 0.492. The number of hydrogen-bond donors (Lipinski definition) is 4. The van der Waals surface area contributed by atoms with Crippen LogP contribution in [0.3, 0.4) is 0 Å². The van der Waals surface area contributed by atoms with E-state index in [1.54, 1.807) is 41.4 Å². The summed E-state index contributed by atoms with van der Waals surface area (Å²) in [6.07, 6.45) is 6.71. The predicted molar refractivity (Wildman–Crippen MR) is 133 cm³/mol. The Kier molecular flexibility index (Phi) is 7.44. The van der Waals surface area contributed by atoms with Crippen molar-refractivity contribution in [2.24, 2.45) is 23.1 Å². The lowest BCUT2D eigenvalue weighted by atomic mass is 9.90. The van der Waals surface area contributed by atoms with Crippen LogP contribution < -0.4 is 17.2 Å². The molecule has 2 heterocycles. The third-order valence-corrected chi connectivity index (χ3v) is 6.03. The van der Waals surface area contributed by atoms with Gasteiger partial charge in [-0.25, -0.2) is 4.79 Å². The molecule has 0 aliphatic carbocycles. The summed E-state index contributed by atoms with van der Waals surface area (Å²) in [4.78, 5) is 14.1. The lowest BCUT2D eigenvalue weighted by Gasteiger charge is -2.35. The lowest BCUT2D eigenvalue weighted by Crippen LogP contribution is -2.42. The number of carbonyl (C=O) groups excluding carboxylic acids is 1. The Morgan fingerprint density at radius 1 is 1.21 bits per heavy atom. The van der Waals surface area contributed by atoms with E-state index < -0.39 is 5.60 Å². The lowest BCUT2D eigenvalue weighted by molar-refractivity contribution is 0.0163. The topological polar surface area (TPSA) is 146 Å². The molecule has 184 valence electrons. The van der Waals surface area contributed by atoms with Gasteiger partial charge in [-0.2, -0.15) is 5.10 Å². The van der Waals surface area contributed by atoms with Crippen LogP contribution in [-0.2, 0) is 4.74 Å². The SMILES string of the molecule is CC(C1CCN(C(=O)OC(C)(C)C)CC1)n1cc(C(/C=C(\N)c2ccccc2O)=C(N)N)cn1. The molecule has 34 heavy (non-hydrogen) atoms. The maximum absolute atomic E-state index is 12.3. The largest absolute Gasteiger partial charge is 0.507 e. The zero-order valence-corrected chi connectivity index (χ0v) is 20.4. The van der Waals surface area contributed by atoms with Crippen LogP contribution in [0.25, 0.3) is 11.3 Å². The number of likely N-dealkylation sites (tertiary alicyclic amines) is 1. The van der Waals surface area contributed by atoms with Crippen molar-refractivity contribution in [2.75, 3.05) is 13.1 Å². The Labute approximate surface area is 200 Å². The van der Waals surface area contributed by atoms with Gasteiger partial charge in [0.25, 0.3) is 0 Å². The van der Waals surface area contributed by atoms with E-state index in [0.29, 0.717) is 35.8 Å². The van der Waals surface area contributed by atoms with Crippen LogP contribution in [-0.4, -0.2) is 44.6 Å². The molecule has 1 saturated heterocycles. The van der Waals surface area contributed by atoms with E-state index in [2.05, 4.69) is 12.0 Å². The van der Waals surface area contributed by atoms with E-state index in [-0.39, 0.29) is 23.7 Å². The molecule has 1 aliphatic heterocycles. The Morgan fingerprint density at radius 3 is 2.44 bits per heavy atom. The molecule has 3 rings (SSSR count). The summed E-state index contributed by atoms with van der Waals surface area (Å²) < 4.78 is 7.39. The van der Waals surface area contributed by atoms with Gasteiger partial charge in [0.1, 0.15) is 17.2 Å². The Hall–Kier alpha value is -3.62. The van der Waals surface area contributed by atoms with Crippen molar-refractivity contribution < 1.29 is 14.6 Å².